The summed E-state index contributed by atoms with van der Waals surface area (Å²) < 4.78 is 1.75. The Hall–Kier alpha value is -1.59. The second-order valence-electron chi connectivity index (χ2n) is 4.02. The van der Waals surface area contributed by atoms with E-state index in [4.69, 9.17) is 16.7 Å². The highest BCUT2D eigenvalue weighted by Gasteiger charge is 2.18. The molecule has 2 aromatic rings. The zero-order chi connectivity index (χ0) is 12.6. The summed E-state index contributed by atoms with van der Waals surface area (Å²) >= 11 is 5.85. The number of nitrogens with zero attached hydrogens (tertiary/aromatic N) is 3. The summed E-state index contributed by atoms with van der Waals surface area (Å²) in [7, 11) is 3.75. The van der Waals surface area contributed by atoms with Crippen molar-refractivity contribution in [3.05, 3.63) is 34.7 Å². The molecule has 0 atom stereocenters. The van der Waals surface area contributed by atoms with E-state index in [1.807, 2.05) is 19.0 Å². The van der Waals surface area contributed by atoms with Crippen molar-refractivity contribution in [2.24, 2.45) is 0 Å². The summed E-state index contributed by atoms with van der Waals surface area (Å²) in [6.07, 6.45) is 1.73. The third-order valence-electron chi connectivity index (χ3n) is 2.36. The highest BCUT2D eigenvalue weighted by atomic mass is 35.5. The van der Waals surface area contributed by atoms with Crippen LogP contribution in [0, 0.1) is 0 Å². The van der Waals surface area contributed by atoms with Crippen molar-refractivity contribution in [2.45, 2.75) is 6.54 Å². The van der Waals surface area contributed by atoms with Crippen molar-refractivity contribution >= 4 is 23.2 Å². The summed E-state index contributed by atoms with van der Waals surface area (Å²) in [6.45, 7) is 0.504. The van der Waals surface area contributed by atoms with Crippen LogP contribution >= 0.6 is 11.6 Å². The lowest BCUT2D eigenvalue weighted by Crippen LogP contribution is -2.15. The van der Waals surface area contributed by atoms with E-state index in [0.29, 0.717) is 22.9 Å². The normalized spacial score (nSPS) is 11.3. The highest BCUT2D eigenvalue weighted by Crippen LogP contribution is 2.18. The molecule has 2 rings (SSSR count). The summed E-state index contributed by atoms with van der Waals surface area (Å²) in [5, 5.41) is 9.66. The molecular weight excluding hydrogens is 242 g/mol. The van der Waals surface area contributed by atoms with Crippen LogP contribution in [0.1, 0.15) is 16.2 Å². The molecule has 0 saturated heterocycles. The molecule has 0 aliphatic carbocycles. The average molecular weight is 254 g/mol. The van der Waals surface area contributed by atoms with Gasteiger partial charge in [0.2, 0.25) is 0 Å². The smallest absolute Gasteiger partial charge is 0.356 e. The maximum atomic E-state index is 11.1. The Morgan fingerprint density at radius 3 is 2.88 bits per heavy atom. The molecule has 0 radical (unpaired) electrons. The number of pyridine rings is 1. The lowest BCUT2D eigenvalue weighted by molar-refractivity contribution is 0.0689. The van der Waals surface area contributed by atoms with E-state index < -0.39 is 5.97 Å². The van der Waals surface area contributed by atoms with Gasteiger partial charge < -0.3 is 14.4 Å². The molecule has 0 aliphatic rings. The van der Waals surface area contributed by atoms with E-state index in [0.717, 1.165) is 0 Å². The van der Waals surface area contributed by atoms with Crippen molar-refractivity contribution in [1.29, 1.82) is 0 Å². The topological polar surface area (TPSA) is 57.8 Å². The van der Waals surface area contributed by atoms with Gasteiger partial charge in [0.25, 0.3) is 0 Å². The minimum Gasteiger partial charge on any atom is -0.476 e. The number of rotatable bonds is 3. The van der Waals surface area contributed by atoms with Crippen molar-refractivity contribution in [3.63, 3.8) is 0 Å². The fourth-order valence-corrected chi connectivity index (χ4v) is 1.85. The van der Waals surface area contributed by atoms with Crippen LogP contribution in [0.4, 0.5) is 0 Å². The van der Waals surface area contributed by atoms with Gasteiger partial charge in [0, 0.05) is 23.8 Å². The number of halogens is 1. The maximum Gasteiger partial charge on any atom is 0.356 e. The van der Waals surface area contributed by atoms with Gasteiger partial charge in [-0.25, -0.2) is 9.78 Å². The molecule has 5 nitrogen and oxygen atoms in total. The van der Waals surface area contributed by atoms with Gasteiger partial charge in [-0.3, -0.25) is 0 Å². The summed E-state index contributed by atoms with van der Waals surface area (Å²) in [6, 6.07) is 3.36. The number of hydrogen-bond donors (Lipinski definition) is 1. The van der Waals surface area contributed by atoms with Crippen LogP contribution in [0.2, 0.25) is 5.02 Å². The summed E-state index contributed by atoms with van der Waals surface area (Å²) in [5.41, 5.74) is 1.27. The average Bonchev–Trinajstić information content (AvgIpc) is 2.55. The van der Waals surface area contributed by atoms with Crippen LogP contribution in [-0.4, -0.2) is 39.5 Å². The van der Waals surface area contributed by atoms with Gasteiger partial charge in [-0.05, 0) is 20.2 Å². The standard InChI is InChI=1S/C11H12ClN3O2/c1-14(2)6-8-10(11(16)17)13-9-5-7(12)3-4-15(8)9/h3-5H,6H2,1-2H3,(H,16,17). The number of aromatic carboxylic acids is 1. The van der Waals surface area contributed by atoms with E-state index in [1.165, 1.54) is 0 Å². The Balaban J connectivity index is 2.66. The molecular formula is C11H12ClN3O2. The summed E-state index contributed by atoms with van der Waals surface area (Å²) in [4.78, 5) is 17.1. The SMILES string of the molecule is CN(C)Cc1c(C(=O)O)nc2cc(Cl)ccn12. The number of carbonyl (C=O) groups is 1. The van der Waals surface area contributed by atoms with Gasteiger partial charge in [-0.15, -0.1) is 0 Å². The van der Waals surface area contributed by atoms with Gasteiger partial charge in [0.05, 0.1) is 5.69 Å². The highest BCUT2D eigenvalue weighted by molar-refractivity contribution is 6.30. The van der Waals surface area contributed by atoms with Gasteiger partial charge in [0.1, 0.15) is 5.65 Å². The van der Waals surface area contributed by atoms with Crippen LogP contribution in [-0.2, 0) is 6.54 Å². The van der Waals surface area contributed by atoms with Crippen molar-refractivity contribution in [3.8, 4) is 0 Å². The molecule has 0 fully saturated rings. The molecule has 90 valence electrons. The first-order valence-corrected chi connectivity index (χ1v) is 5.41. The molecule has 2 heterocycles. The van der Waals surface area contributed by atoms with E-state index in [1.54, 1.807) is 22.7 Å². The number of carboxylic acid groups (broad SMARTS) is 1. The van der Waals surface area contributed by atoms with Crippen LogP contribution in [0.15, 0.2) is 18.3 Å². The molecule has 1 N–H and O–H groups in total. The third-order valence-corrected chi connectivity index (χ3v) is 2.59. The molecule has 17 heavy (non-hydrogen) atoms. The largest absolute Gasteiger partial charge is 0.476 e. The Kier molecular flexibility index (Phi) is 3.04. The lowest BCUT2D eigenvalue weighted by atomic mass is 10.3. The molecule has 0 aromatic carbocycles. The number of aromatic nitrogens is 2. The van der Waals surface area contributed by atoms with Crippen molar-refractivity contribution in [1.82, 2.24) is 14.3 Å². The maximum absolute atomic E-state index is 11.1. The van der Waals surface area contributed by atoms with Crippen LogP contribution in [0.25, 0.3) is 5.65 Å². The number of fused-ring (bicyclic) bond motifs is 1. The quantitative estimate of drug-likeness (QED) is 0.905. The monoisotopic (exact) mass is 253 g/mol. The van der Waals surface area contributed by atoms with E-state index >= 15 is 0 Å². The molecule has 0 unspecified atom stereocenters. The van der Waals surface area contributed by atoms with E-state index in [9.17, 15) is 4.79 Å². The lowest BCUT2D eigenvalue weighted by Gasteiger charge is -2.09. The first-order valence-electron chi connectivity index (χ1n) is 5.03. The molecule has 6 heteroatoms. The van der Waals surface area contributed by atoms with Gasteiger partial charge in [-0.2, -0.15) is 0 Å². The molecule has 0 amide bonds. The van der Waals surface area contributed by atoms with Gasteiger partial charge in [0.15, 0.2) is 5.69 Å². The fourth-order valence-electron chi connectivity index (χ4n) is 1.69. The zero-order valence-corrected chi connectivity index (χ0v) is 10.3. The van der Waals surface area contributed by atoms with Crippen molar-refractivity contribution in [2.75, 3.05) is 14.1 Å². The second-order valence-corrected chi connectivity index (χ2v) is 4.46. The van der Waals surface area contributed by atoms with Gasteiger partial charge in [-0.1, -0.05) is 11.6 Å². The molecule has 0 bridgehead atoms. The minimum absolute atomic E-state index is 0.0703. The van der Waals surface area contributed by atoms with Crippen molar-refractivity contribution < 1.29 is 9.90 Å². The Morgan fingerprint density at radius 1 is 1.59 bits per heavy atom. The number of carboxylic acids is 1. The summed E-state index contributed by atoms with van der Waals surface area (Å²) in [5.74, 6) is -1.03. The van der Waals surface area contributed by atoms with Crippen LogP contribution < -0.4 is 0 Å². The Morgan fingerprint density at radius 2 is 2.29 bits per heavy atom. The fraction of sp³-hybridized carbons (Fsp3) is 0.273. The zero-order valence-electron chi connectivity index (χ0n) is 9.51. The Labute approximate surface area is 103 Å². The Bertz CT molecular complexity index is 577. The molecule has 0 saturated carbocycles. The molecule has 0 aliphatic heterocycles. The molecule has 0 spiro atoms. The first kappa shape index (κ1) is 11.9. The van der Waals surface area contributed by atoms with Crippen LogP contribution in [0.3, 0.4) is 0 Å². The third kappa shape index (κ3) is 2.25. The van der Waals surface area contributed by atoms with E-state index in [-0.39, 0.29) is 5.69 Å². The minimum atomic E-state index is -1.03. The van der Waals surface area contributed by atoms with E-state index in [2.05, 4.69) is 4.98 Å². The second kappa shape index (κ2) is 4.35. The predicted molar refractivity (Wildman–Crippen MR) is 64.6 cm³/mol. The number of hydrogen-bond acceptors (Lipinski definition) is 3. The first-order chi connectivity index (χ1) is 7.99. The van der Waals surface area contributed by atoms with Crippen LogP contribution in [0.5, 0.6) is 0 Å². The predicted octanol–water partition coefficient (Wildman–Crippen LogP) is 1.75. The molecule has 2 aromatic heterocycles. The van der Waals surface area contributed by atoms with Gasteiger partial charge >= 0.3 is 5.97 Å². The number of imidazole rings is 1.